The maximum atomic E-state index is 13.1. The average molecular weight is 396 g/mol. The number of benzene rings is 4. The molecule has 0 spiro atoms. The lowest BCUT2D eigenvalue weighted by Crippen LogP contribution is -2.39. The second kappa shape index (κ2) is 8.83. The van der Waals surface area contributed by atoms with Crippen LogP contribution in [0, 0.1) is 6.92 Å². The summed E-state index contributed by atoms with van der Waals surface area (Å²) in [7, 11) is 0. The fourth-order valence-corrected chi connectivity index (χ4v) is 3.70. The molecule has 1 amide bonds. The van der Waals surface area contributed by atoms with Crippen molar-refractivity contribution in [1.82, 2.24) is 5.32 Å². The van der Waals surface area contributed by atoms with Gasteiger partial charge in [0.25, 0.3) is 5.91 Å². The summed E-state index contributed by atoms with van der Waals surface area (Å²) in [5.41, 5.74) is 3.25. The van der Waals surface area contributed by atoms with Crippen LogP contribution in [0.15, 0.2) is 97.1 Å². The third kappa shape index (κ3) is 4.20. The second-order valence-corrected chi connectivity index (χ2v) is 7.45. The van der Waals surface area contributed by atoms with Crippen molar-refractivity contribution >= 4 is 16.7 Å². The molecule has 4 rings (SSSR count). The van der Waals surface area contributed by atoms with Gasteiger partial charge in [-0.05, 0) is 42.0 Å². The van der Waals surface area contributed by atoms with Crippen molar-refractivity contribution in [2.75, 3.05) is 0 Å². The van der Waals surface area contributed by atoms with Gasteiger partial charge in [-0.1, -0.05) is 91.0 Å². The molecule has 0 fully saturated rings. The van der Waals surface area contributed by atoms with E-state index in [4.69, 9.17) is 4.74 Å². The number of fused-ring (bicyclic) bond motifs is 1. The third-order valence-corrected chi connectivity index (χ3v) is 5.34. The lowest BCUT2D eigenvalue weighted by Gasteiger charge is -2.24. The Balaban J connectivity index is 1.58. The van der Waals surface area contributed by atoms with E-state index in [1.165, 1.54) is 0 Å². The van der Waals surface area contributed by atoms with Gasteiger partial charge in [0.15, 0.2) is 6.10 Å². The minimum Gasteiger partial charge on any atom is -0.480 e. The minimum absolute atomic E-state index is 0.153. The van der Waals surface area contributed by atoms with Gasteiger partial charge >= 0.3 is 0 Å². The van der Waals surface area contributed by atoms with E-state index in [0.717, 1.165) is 27.5 Å². The number of amides is 1. The molecule has 150 valence electrons. The molecule has 0 aliphatic carbocycles. The highest BCUT2D eigenvalue weighted by Crippen LogP contribution is 2.27. The van der Waals surface area contributed by atoms with Crippen molar-refractivity contribution < 1.29 is 9.53 Å². The van der Waals surface area contributed by atoms with Crippen molar-refractivity contribution in [2.24, 2.45) is 0 Å². The molecule has 0 unspecified atom stereocenters. The van der Waals surface area contributed by atoms with Crippen LogP contribution in [0.25, 0.3) is 10.8 Å². The number of hydrogen-bond donors (Lipinski definition) is 1. The molecular formula is C27H25NO2. The van der Waals surface area contributed by atoms with Crippen LogP contribution in [0.4, 0.5) is 0 Å². The number of ether oxygens (including phenoxy) is 1. The standard InChI is InChI=1S/C27H25NO2/c1-19-11-6-8-16-23(19)26(22-13-4-3-5-14-22)28-27(29)20(2)30-25-18-10-15-21-12-7-9-17-24(21)25/h3-18,20,26H,1-2H3,(H,28,29)/t20-,26-/m0/s1. The first kappa shape index (κ1) is 19.7. The van der Waals surface area contributed by atoms with Crippen LogP contribution >= 0.6 is 0 Å². The molecule has 0 bridgehead atoms. The number of carbonyl (C=O) groups is 1. The predicted octanol–water partition coefficient (Wildman–Crippen LogP) is 5.82. The van der Waals surface area contributed by atoms with E-state index in [0.29, 0.717) is 5.75 Å². The van der Waals surface area contributed by atoms with E-state index < -0.39 is 6.10 Å². The molecule has 1 N–H and O–H groups in total. The fraction of sp³-hybridized carbons (Fsp3) is 0.148. The molecule has 0 aliphatic rings. The largest absolute Gasteiger partial charge is 0.480 e. The molecule has 0 aliphatic heterocycles. The Hall–Kier alpha value is -3.59. The van der Waals surface area contributed by atoms with E-state index in [9.17, 15) is 4.79 Å². The Morgan fingerprint density at radius 1 is 0.800 bits per heavy atom. The van der Waals surface area contributed by atoms with E-state index in [-0.39, 0.29) is 11.9 Å². The zero-order valence-electron chi connectivity index (χ0n) is 17.2. The van der Waals surface area contributed by atoms with Crippen LogP contribution in [0.2, 0.25) is 0 Å². The number of aryl methyl sites for hydroxylation is 1. The molecule has 0 radical (unpaired) electrons. The summed E-state index contributed by atoms with van der Waals surface area (Å²) < 4.78 is 6.08. The lowest BCUT2D eigenvalue weighted by molar-refractivity contribution is -0.127. The molecule has 0 heterocycles. The van der Waals surface area contributed by atoms with E-state index in [2.05, 4.69) is 24.4 Å². The van der Waals surface area contributed by atoms with Crippen molar-refractivity contribution in [3.63, 3.8) is 0 Å². The van der Waals surface area contributed by atoms with Gasteiger partial charge in [-0.3, -0.25) is 4.79 Å². The quantitative estimate of drug-likeness (QED) is 0.447. The van der Waals surface area contributed by atoms with Gasteiger partial charge in [-0.2, -0.15) is 0 Å². The zero-order chi connectivity index (χ0) is 20.9. The molecule has 0 aromatic heterocycles. The van der Waals surface area contributed by atoms with Gasteiger partial charge in [0.2, 0.25) is 0 Å². The monoisotopic (exact) mass is 395 g/mol. The first-order chi connectivity index (χ1) is 14.6. The van der Waals surface area contributed by atoms with Crippen LogP contribution in [0.3, 0.4) is 0 Å². The fourth-order valence-electron chi connectivity index (χ4n) is 3.70. The van der Waals surface area contributed by atoms with Gasteiger partial charge in [-0.25, -0.2) is 0 Å². The summed E-state index contributed by atoms with van der Waals surface area (Å²) in [4.78, 5) is 13.1. The van der Waals surface area contributed by atoms with Crippen LogP contribution in [0.1, 0.15) is 29.7 Å². The highest BCUT2D eigenvalue weighted by atomic mass is 16.5. The summed E-state index contributed by atoms with van der Waals surface area (Å²) in [5, 5.41) is 5.28. The second-order valence-electron chi connectivity index (χ2n) is 7.45. The zero-order valence-corrected chi connectivity index (χ0v) is 17.2. The number of carbonyl (C=O) groups excluding carboxylic acids is 1. The molecule has 30 heavy (non-hydrogen) atoms. The SMILES string of the molecule is Cc1ccccc1[C@@H](NC(=O)[C@H](C)Oc1cccc2ccccc12)c1ccccc1. The average Bonchev–Trinajstić information content (AvgIpc) is 2.79. The normalized spacial score (nSPS) is 12.9. The van der Waals surface area contributed by atoms with Crippen molar-refractivity contribution in [1.29, 1.82) is 0 Å². The highest BCUT2D eigenvalue weighted by Gasteiger charge is 2.23. The molecular weight excluding hydrogens is 370 g/mol. The van der Waals surface area contributed by atoms with Crippen molar-refractivity contribution in [2.45, 2.75) is 26.0 Å². The molecule has 3 nitrogen and oxygen atoms in total. The van der Waals surface area contributed by atoms with Crippen LogP contribution in [-0.2, 0) is 4.79 Å². The van der Waals surface area contributed by atoms with Crippen LogP contribution < -0.4 is 10.1 Å². The summed E-state index contributed by atoms with van der Waals surface area (Å²) in [6, 6.07) is 31.8. The topological polar surface area (TPSA) is 38.3 Å². The van der Waals surface area contributed by atoms with Crippen LogP contribution in [-0.4, -0.2) is 12.0 Å². The molecule has 2 atom stereocenters. The number of rotatable bonds is 6. The van der Waals surface area contributed by atoms with Gasteiger partial charge in [0, 0.05) is 5.39 Å². The molecule has 3 heteroatoms. The molecule has 0 saturated heterocycles. The molecule has 0 saturated carbocycles. The Morgan fingerprint density at radius 2 is 1.47 bits per heavy atom. The minimum atomic E-state index is -0.633. The summed E-state index contributed by atoms with van der Waals surface area (Å²) in [5.74, 6) is 0.558. The molecule has 4 aromatic rings. The van der Waals surface area contributed by atoms with Crippen molar-refractivity contribution in [3.05, 3.63) is 114 Å². The summed E-state index contributed by atoms with van der Waals surface area (Å²) in [6.45, 7) is 3.85. The first-order valence-corrected chi connectivity index (χ1v) is 10.2. The summed E-state index contributed by atoms with van der Waals surface area (Å²) >= 11 is 0. The van der Waals surface area contributed by atoms with Crippen LogP contribution in [0.5, 0.6) is 5.75 Å². The molecule has 4 aromatic carbocycles. The maximum absolute atomic E-state index is 13.1. The maximum Gasteiger partial charge on any atom is 0.261 e. The Labute approximate surface area is 177 Å². The van der Waals surface area contributed by atoms with Crippen molar-refractivity contribution in [3.8, 4) is 5.75 Å². The Bertz CT molecular complexity index is 1150. The van der Waals surface area contributed by atoms with E-state index in [1.54, 1.807) is 6.92 Å². The van der Waals surface area contributed by atoms with Gasteiger partial charge in [-0.15, -0.1) is 0 Å². The predicted molar refractivity (Wildman–Crippen MR) is 122 cm³/mol. The first-order valence-electron chi connectivity index (χ1n) is 10.2. The lowest BCUT2D eigenvalue weighted by atomic mass is 9.95. The Kier molecular flexibility index (Phi) is 5.80. The number of hydrogen-bond acceptors (Lipinski definition) is 2. The van der Waals surface area contributed by atoms with E-state index in [1.807, 2.05) is 84.9 Å². The number of nitrogens with one attached hydrogen (secondary N) is 1. The Morgan fingerprint density at radius 3 is 2.27 bits per heavy atom. The van der Waals surface area contributed by atoms with Gasteiger partial charge in [0.05, 0.1) is 6.04 Å². The summed E-state index contributed by atoms with van der Waals surface area (Å²) in [6.07, 6.45) is -0.633. The van der Waals surface area contributed by atoms with Gasteiger partial charge in [0.1, 0.15) is 5.75 Å². The smallest absolute Gasteiger partial charge is 0.261 e. The highest BCUT2D eigenvalue weighted by molar-refractivity contribution is 5.89. The van der Waals surface area contributed by atoms with E-state index >= 15 is 0 Å². The van der Waals surface area contributed by atoms with Gasteiger partial charge < -0.3 is 10.1 Å². The third-order valence-electron chi connectivity index (χ3n) is 5.34.